The van der Waals surface area contributed by atoms with Crippen molar-refractivity contribution in [2.24, 2.45) is 0 Å². The zero-order chi connectivity index (χ0) is 17.0. The molecule has 0 atom stereocenters. The zero-order valence-corrected chi connectivity index (χ0v) is 14.5. The van der Waals surface area contributed by atoms with Crippen LogP contribution < -0.4 is 5.32 Å². The van der Waals surface area contributed by atoms with Gasteiger partial charge in [0, 0.05) is 22.9 Å². The highest BCUT2D eigenvalue weighted by atomic mass is 79.9. The van der Waals surface area contributed by atoms with Crippen LogP contribution in [0.3, 0.4) is 0 Å². The van der Waals surface area contributed by atoms with Gasteiger partial charge in [-0.05, 0) is 49.2 Å². The quantitative estimate of drug-likeness (QED) is 0.760. The second kappa shape index (κ2) is 7.51. The highest BCUT2D eigenvalue weighted by Crippen LogP contribution is 2.20. The third-order valence-electron chi connectivity index (χ3n) is 3.61. The lowest BCUT2D eigenvalue weighted by Gasteiger charge is -2.07. The van der Waals surface area contributed by atoms with E-state index >= 15 is 0 Å². The maximum Gasteiger partial charge on any atom is 0.224 e. The first-order chi connectivity index (χ1) is 10.9. The number of hydrogen-bond donors (Lipinski definition) is 1. The van der Waals surface area contributed by atoms with Gasteiger partial charge in [-0.1, -0.05) is 28.1 Å². The minimum atomic E-state index is -0.520. The van der Waals surface area contributed by atoms with E-state index in [1.54, 1.807) is 12.1 Å². The molecule has 0 saturated heterocycles. The fraction of sp³-hybridized carbons (Fsp3) is 0.222. The van der Waals surface area contributed by atoms with E-state index in [1.165, 1.54) is 12.1 Å². The van der Waals surface area contributed by atoms with Crippen molar-refractivity contribution in [1.82, 2.24) is 0 Å². The maximum absolute atomic E-state index is 13.6. The Morgan fingerprint density at radius 1 is 1.04 bits per heavy atom. The molecule has 3 nitrogen and oxygen atoms in total. The maximum atomic E-state index is 13.6. The molecular weight excluding hydrogens is 361 g/mol. The average molecular weight is 378 g/mol. The van der Waals surface area contributed by atoms with Gasteiger partial charge in [-0.2, -0.15) is 0 Å². The summed E-state index contributed by atoms with van der Waals surface area (Å²) in [7, 11) is 0. The van der Waals surface area contributed by atoms with E-state index < -0.39 is 5.82 Å². The number of Topliss-reactive ketones (excluding diaryl/α,β-unsaturated/α-hetero) is 1. The van der Waals surface area contributed by atoms with Crippen LogP contribution in [0, 0.1) is 19.7 Å². The lowest BCUT2D eigenvalue weighted by molar-refractivity contribution is -0.116. The molecule has 0 spiro atoms. The normalized spacial score (nSPS) is 10.4. The predicted octanol–water partition coefficient (Wildman–Crippen LogP) is 4.81. The summed E-state index contributed by atoms with van der Waals surface area (Å²) in [4.78, 5) is 24.0. The van der Waals surface area contributed by atoms with Crippen LogP contribution in [-0.4, -0.2) is 11.7 Å². The SMILES string of the molecule is Cc1ccc(C(=O)CCC(=O)Nc2ccc(Br)cc2F)cc1C. The Kier molecular flexibility index (Phi) is 5.66. The summed E-state index contributed by atoms with van der Waals surface area (Å²) >= 11 is 3.15. The summed E-state index contributed by atoms with van der Waals surface area (Å²) in [5, 5.41) is 2.48. The predicted molar refractivity (Wildman–Crippen MR) is 92.2 cm³/mol. The van der Waals surface area contributed by atoms with Crippen LogP contribution in [0.15, 0.2) is 40.9 Å². The van der Waals surface area contributed by atoms with Crippen LogP contribution in [0.2, 0.25) is 0 Å². The van der Waals surface area contributed by atoms with E-state index in [2.05, 4.69) is 21.2 Å². The standard InChI is InChI=1S/C18H17BrFNO2/c1-11-3-4-13(9-12(11)2)17(22)7-8-18(23)21-16-6-5-14(19)10-15(16)20/h3-6,9-10H,7-8H2,1-2H3,(H,21,23). The topological polar surface area (TPSA) is 46.2 Å². The van der Waals surface area contributed by atoms with Gasteiger partial charge in [0.1, 0.15) is 5.82 Å². The molecule has 2 aromatic carbocycles. The van der Waals surface area contributed by atoms with E-state index in [4.69, 9.17) is 0 Å². The van der Waals surface area contributed by atoms with Crippen molar-refractivity contribution >= 4 is 33.3 Å². The van der Waals surface area contributed by atoms with E-state index in [1.807, 2.05) is 26.0 Å². The highest BCUT2D eigenvalue weighted by Gasteiger charge is 2.12. The van der Waals surface area contributed by atoms with Crippen molar-refractivity contribution in [2.45, 2.75) is 26.7 Å². The van der Waals surface area contributed by atoms with Gasteiger partial charge in [-0.3, -0.25) is 9.59 Å². The number of rotatable bonds is 5. The molecule has 5 heteroatoms. The second-order valence-electron chi connectivity index (χ2n) is 5.39. The van der Waals surface area contributed by atoms with Crippen molar-refractivity contribution in [3.8, 4) is 0 Å². The van der Waals surface area contributed by atoms with Crippen molar-refractivity contribution < 1.29 is 14.0 Å². The number of amides is 1. The molecular formula is C18H17BrFNO2. The van der Waals surface area contributed by atoms with Crippen molar-refractivity contribution in [3.05, 3.63) is 63.4 Å². The number of ketones is 1. The van der Waals surface area contributed by atoms with E-state index in [0.717, 1.165) is 11.1 Å². The third-order valence-corrected chi connectivity index (χ3v) is 4.11. The van der Waals surface area contributed by atoms with Gasteiger partial charge in [-0.25, -0.2) is 4.39 Å². The summed E-state index contributed by atoms with van der Waals surface area (Å²) in [6.45, 7) is 3.92. The number of aryl methyl sites for hydroxylation is 2. The number of nitrogens with one attached hydrogen (secondary N) is 1. The Morgan fingerprint density at radius 3 is 2.43 bits per heavy atom. The van der Waals surface area contributed by atoms with Gasteiger partial charge in [0.15, 0.2) is 5.78 Å². The van der Waals surface area contributed by atoms with E-state index in [9.17, 15) is 14.0 Å². The van der Waals surface area contributed by atoms with Crippen LogP contribution >= 0.6 is 15.9 Å². The molecule has 0 heterocycles. The van der Waals surface area contributed by atoms with E-state index in [0.29, 0.717) is 10.0 Å². The molecule has 0 aliphatic rings. The van der Waals surface area contributed by atoms with Crippen molar-refractivity contribution in [1.29, 1.82) is 0 Å². The molecule has 0 aliphatic heterocycles. The molecule has 0 unspecified atom stereocenters. The smallest absolute Gasteiger partial charge is 0.224 e. The summed E-state index contributed by atoms with van der Waals surface area (Å²) in [6.07, 6.45) is 0.105. The minimum Gasteiger partial charge on any atom is -0.324 e. The van der Waals surface area contributed by atoms with Crippen molar-refractivity contribution in [3.63, 3.8) is 0 Å². The van der Waals surface area contributed by atoms with Gasteiger partial charge in [0.05, 0.1) is 5.69 Å². The lowest BCUT2D eigenvalue weighted by atomic mass is 10.0. The molecule has 0 fully saturated rings. The average Bonchev–Trinajstić information content (AvgIpc) is 2.50. The molecule has 0 bridgehead atoms. The fourth-order valence-electron chi connectivity index (χ4n) is 2.09. The first-order valence-corrected chi connectivity index (χ1v) is 8.01. The summed E-state index contributed by atoms with van der Waals surface area (Å²) in [5.74, 6) is -1.00. The van der Waals surface area contributed by atoms with Crippen LogP contribution in [0.1, 0.15) is 34.3 Å². The van der Waals surface area contributed by atoms with Crippen LogP contribution in [0.4, 0.5) is 10.1 Å². The number of anilines is 1. The fourth-order valence-corrected chi connectivity index (χ4v) is 2.42. The molecule has 23 heavy (non-hydrogen) atoms. The molecule has 0 saturated carbocycles. The Hall–Kier alpha value is -2.01. The second-order valence-corrected chi connectivity index (χ2v) is 6.31. The zero-order valence-electron chi connectivity index (χ0n) is 13.0. The van der Waals surface area contributed by atoms with Gasteiger partial charge in [0.25, 0.3) is 0 Å². The first-order valence-electron chi connectivity index (χ1n) is 7.22. The number of halogens is 2. The number of carbonyl (C=O) groups excluding carboxylic acids is 2. The van der Waals surface area contributed by atoms with Gasteiger partial charge in [-0.15, -0.1) is 0 Å². The van der Waals surface area contributed by atoms with Gasteiger partial charge >= 0.3 is 0 Å². The summed E-state index contributed by atoms with van der Waals surface area (Å²) < 4.78 is 14.2. The first kappa shape index (κ1) is 17.3. The van der Waals surface area contributed by atoms with Crippen LogP contribution in [-0.2, 0) is 4.79 Å². The Labute approximate surface area is 143 Å². The molecule has 120 valence electrons. The highest BCUT2D eigenvalue weighted by molar-refractivity contribution is 9.10. The van der Waals surface area contributed by atoms with Crippen LogP contribution in [0.5, 0.6) is 0 Å². The van der Waals surface area contributed by atoms with E-state index in [-0.39, 0.29) is 30.2 Å². The Morgan fingerprint density at radius 2 is 1.78 bits per heavy atom. The third kappa shape index (κ3) is 4.73. The molecule has 1 amide bonds. The molecule has 2 aromatic rings. The summed E-state index contributed by atoms with van der Waals surface area (Å²) in [6, 6.07) is 9.86. The largest absolute Gasteiger partial charge is 0.324 e. The molecule has 0 radical (unpaired) electrons. The summed E-state index contributed by atoms with van der Waals surface area (Å²) in [5.41, 5.74) is 2.86. The molecule has 0 aliphatic carbocycles. The number of carbonyl (C=O) groups is 2. The number of hydrogen-bond acceptors (Lipinski definition) is 2. The molecule has 1 N–H and O–H groups in total. The van der Waals surface area contributed by atoms with Crippen LogP contribution in [0.25, 0.3) is 0 Å². The van der Waals surface area contributed by atoms with Gasteiger partial charge in [0.2, 0.25) is 5.91 Å². The molecule has 2 rings (SSSR count). The lowest BCUT2D eigenvalue weighted by Crippen LogP contribution is -2.14. The van der Waals surface area contributed by atoms with Crippen molar-refractivity contribution in [2.75, 3.05) is 5.32 Å². The molecule has 0 aromatic heterocycles. The number of benzene rings is 2. The van der Waals surface area contributed by atoms with Gasteiger partial charge < -0.3 is 5.32 Å². The Bertz CT molecular complexity index is 759. The monoisotopic (exact) mass is 377 g/mol. The Balaban J connectivity index is 1.93. The minimum absolute atomic E-state index is 0.0151.